The first-order valence-corrected chi connectivity index (χ1v) is 12.0. The summed E-state index contributed by atoms with van der Waals surface area (Å²) in [6, 6.07) is 7.45. The van der Waals surface area contributed by atoms with E-state index in [1.807, 2.05) is 26.2 Å². The van der Waals surface area contributed by atoms with Gasteiger partial charge in [0.15, 0.2) is 16.8 Å². The van der Waals surface area contributed by atoms with Gasteiger partial charge < -0.3 is 14.6 Å². The predicted octanol–water partition coefficient (Wildman–Crippen LogP) is 2.65. The van der Waals surface area contributed by atoms with Crippen molar-refractivity contribution in [3.05, 3.63) is 61.5 Å². The molecular formula is C24H31ClFN5O3. The van der Waals surface area contributed by atoms with Gasteiger partial charge in [-0.3, -0.25) is 13.9 Å². The highest BCUT2D eigenvalue weighted by Crippen LogP contribution is 2.42. The van der Waals surface area contributed by atoms with E-state index in [0.717, 1.165) is 10.1 Å². The molecule has 1 aliphatic carbocycles. The summed E-state index contributed by atoms with van der Waals surface area (Å²) in [4.78, 5) is 33.0. The van der Waals surface area contributed by atoms with Gasteiger partial charge in [0.05, 0.1) is 0 Å². The van der Waals surface area contributed by atoms with E-state index >= 15 is 4.39 Å². The summed E-state index contributed by atoms with van der Waals surface area (Å²) in [5.41, 5.74) is -1.56. The van der Waals surface area contributed by atoms with E-state index in [4.69, 9.17) is 11.6 Å². The average molecular weight is 492 g/mol. The van der Waals surface area contributed by atoms with Crippen LogP contribution in [0.25, 0.3) is 11.2 Å². The Morgan fingerprint density at radius 3 is 2.41 bits per heavy atom. The molecule has 0 bridgehead atoms. The van der Waals surface area contributed by atoms with Crippen LogP contribution in [0.15, 0.2) is 33.9 Å². The van der Waals surface area contributed by atoms with E-state index in [1.54, 1.807) is 16.7 Å². The molecule has 184 valence electrons. The maximum absolute atomic E-state index is 16.5. The second-order valence-electron chi connectivity index (χ2n) is 9.36. The molecule has 0 amide bonds. The first-order chi connectivity index (χ1) is 16.2. The normalized spacial score (nSPS) is 21.0. The molecule has 1 aliphatic rings. The van der Waals surface area contributed by atoms with Gasteiger partial charge in [-0.15, -0.1) is 0 Å². The smallest absolute Gasteiger partial charge is 0.332 e. The average Bonchev–Trinajstić information content (AvgIpc) is 3.20. The lowest BCUT2D eigenvalue weighted by Crippen LogP contribution is -2.40. The lowest BCUT2D eigenvalue weighted by molar-refractivity contribution is 0.0564. The number of alkyl halides is 1. The van der Waals surface area contributed by atoms with Crippen molar-refractivity contribution < 1.29 is 9.50 Å². The molecule has 0 saturated heterocycles. The quantitative estimate of drug-likeness (QED) is 0.549. The Hall–Kier alpha value is -2.49. The number of aliphatic hydroxyl groups excluding tert-OH is 1. The number of benzene rings is 1. The zero-order valence-corrected chi connectivity index (χ0v) is 20.6. The maximum Gasteiger partial charge on any atom is 0.332 e. The fourth-order valence-corrected chi connectivity index (χ4v) is 4.99. The van der Waals surface area contributed by atoms with Gasteiger partial charge in [0.1, 0.15) is 5.82 Å². The summed E-state index contributed by atoms with van der Waals surface area (Å²) in [6.07, 6.45) is 2.18. The Balaban J connectivity index is 1.91. The van der Waals surface area contributed by atoms with Crippen molar-refractivity contribution in [3.8, 4) is 0 Å². The summed E-state index contributed by atoms with van der Waals surface area (Å²) in [6.45, 7) is 0.146. The molecule has 1 fully saturated rings. The van der Waals surface area contributed by atoms with E-state index < -0.39 is 16.9 Å². The number of aromatic nitrogens is 4. The molecule has 1 aromatic carbocycles. The Morgan fingerprint density at radius 2 is 1.82 bits per heavy atom. The Bertz CT molecular complexity index is 1290. The number of hydrogen-bond donors (Lipinski definition) is 1. The molecule has 4 rings (SSSR count). The zero-order chi connectivity index (χ0) is 24.6. The van der Waals surface area contributed by atoms with Crippen molar-refractivity contribution in [1.29, 1.82) is 0 Å². The second-order valence-corrected chi connectivity index (χ2v) is 9.79. The molecule has 1 N–H and O–H groups in total. The number of fused-ring (bicyclic) bond motifs is 1. The van der Waals surface area contributed by atoms with Crippen LogP contribution in [-0.4, -0.2) is 55.4 Å². The van der Waals surface area contributed by atoms with Crippen molar-refractivity contribution in [2.24, 2.45) is 7.05 Å². The minimum absolute atomic E-state index is 0.0741. The molecule has 0 atom stereocenters. The Morgan fingerprint density at radius 1 is 1.18 bits per heavy atom. The number of rotatable bonds is 7. The highest BCUT2D eigenvalue weighted by Gasteiger charge is 2.42. The first-order valence-electron chi connectivity index (χ1n) is 11.6. The Labute approximate surface area is 202 Å². The van der Waals surface area contributed by atoms with Gasteiger partial charge in [0.25, 0.3) is 5.56 Å². The van der Waals surface area contributed by atoms with Gasteiger partial charge in [0, 0.05) is 37.8 Å². The van der Waals surface area contributed by atoms with Crippen LogP contribution in [0.3, 0.4) is 0 Å². The third kappa shape index (κ3) is 4.44. The molecule has 1 saturated carbocycles. The van der Waals surface area contributed by atoms with E-state index in [0.29, 0.717) is 17.9 Å². The van der Waals surface area contributed by atoms with Gasteiger partial charge in [-0.1, -0.05) is 23.7 Å². The number of hydrogen-bond acceptors (Lipinski definition) is 5. The molecule has 2 heterocycles. The Kier molecular flexibility index (Phi) is 6.98. The fraction of sp³-hybridized carbons (Fsp3) is 0.542. The van der Waals surface area contributed by atoms with Crippen molar-refractivity contribution in [2.45, 2.75) is 56.9 Å². The SMILES string of the molecule is CN(C)C1CCC(F)(c2nc3c(c(=O)n(CCCO)c(=O)n3C)n2Cc2ccc(Cl)cc2)CC1. The summed E-state index contributed by atoms with van der Waals surface area (Å²) in [7, 11) is 5.53. The van der Waals surface area contributed by atoms with E-state index in [2.05, 4.69) is 9.88 Å². The number of aliphatic hydroxyl groups is 1. The topological polar surface area (TPSA) is 85.3 Å². The standard InChI is InChI=1S/C24H31ClFN5O3/c1-28(2)18-9-11-24(26,12-10-18)22-27-20-19(31(22)15-16-5-7-17(25)8-6-16)21(33)30(13-4-14-32)23(34)29(20)3/h5-8,18,32H,4,9-15H2,1-3H3. The third-order valence-corrected chi connectivity index (χ3v) is 7.16. The van der Waals surface area contributed by atoms with E-state index in [-0.39, 0.29) is 62.0 Å². The summed E-state index contributed by atoms with van der Waals surface area (Å²) < 4.78 is 20.5. The monoisotopic (exact) mass is 491 g/mol. The van der Waals surface area contributed by atoms with Crippen LogP contribution in [0.5, 0.6) is 0 Å². The van der Waals surface area contributed by atoms with Gasteiger partial charge >= 0.3 is 5.69 Å². The molecule has 2 aromatic heterocycles. The lowest BCUT2D eigenvalue weighted by Gasteiger charge is -2.36. The summed E-state index contributed by atoms with van der Waals surface area (Å²) in [5.74, 6) is 0.182. The first kappa shape index (κ1) is 24.6. The number of imidazole rings is 1. The minimum atomic E-state index is -1.71. The predicted molar refractivity (Wildman–Crippen MR) is 130 cm³/mol. The van der Waals surface area contributed by atoms with E-state index in [9.17, 15) is 14.7 Å². The molecule has 34 heavy (non-hydrogen) atoms. The molecule has 10 heteroatoms. The van der Waals surface area contributed by atoms with Crippen LogP contribution >= 0.6 is 11.6 Å². The van der Waals surface area contributed by atoms with Crippen LogP contribution in [-0.2, 0) is 25.8 Å². The molecule has 0 radical (unpaired) electrons. The van der Waals surface area contributed by atoms with Crippen molar-refractivity contribution >= 4 is 22.8 Å². The van der Waals surface area contributed by atoms with Crippen LogP contribution < -0.4 is 11.2 Å². The third-order valence-electron chi connectivity index (χ3n) is 6.90. The fourth-order valence-electron chi connectivity index (χ4n) is 4.87. The van der Waals surface area contributed by atoms with Gasteiger partial charge in [-0.05, 0) is 63.9 Å². The molecule has 0 spiro atoms. The largest absolute Gasteiger partial charge is 0.396 e. The second kappa shape index (κ2) is 9.64. The van der Waals surface area contributed by atoms with Crippen molar-refractivity contribution in [3.63, 3.8) is 0 Å². The van der Waals surface area contributed by atoms with Crippen LogP contribution in [0.1, 0.15) is 43.5 Å². The van der Waals surface area contributed by atoms with E-state index in [1.165, 1.54) is 11.6 Å². The minimum Gasteiger partial charge on any atom is -0.396 e. The molecule has 0 unspecified atom stereocenters. The molecule has 8 nitrogen and oxygen atoms in total. The molecule has 0 aliphatic heterocycles. The lowest BCUT2D eigenvalue weighted by atomic mass is 9.82. The number of nitrogens with zero attached hydrogens (tertiary/aromatic N) is 5. The van der Waals surface area contributed by atoms with Gasteiger partial charge in [-0.25, -0.2) is 14.2 Å². The maximum atomic E-state index is 16.5. The number of aryl methyl sites for hydroxylation is 1. The van der Waals surface area contributed by atoms with Crippen LogP contribution in [0.4, 0.5) is 4.39 Å². The highest BCUT2D eigenvalue weighted by atomic mass is 35.5. The van der Waals surface area contributed by atoms with Gasteiger partial charge in [0.2, 0.25) is 0 Å². The summed E-state index contributed by atoms with van der Waals surface area (Å²) in [5, 5.41) is 9.81. The highest BCUT2D eigenvalue weighted by molar-refractivity contribution is 6.30. The van der Waals surface area contributed by atoms with Crippen molar-refractivity contribution in [1.82, 2.24) is 23.6 Å². The van der Waals surface area contributed by atoms with Gasteiger partial charge in [-0.2, -0.15) is 0 Å². The number of halogens is 2. The van der Waals surface area contributed by atoms with Crippen molar-refractivity contribution in [2.75, 3.05) is 20.7 Å². The molecular weight excluding hydrogens is 461 g/mol. The summed E-state index contributed by atoms with van der Waals surface area (Å²) >= 11 is 6.04. The van der Waals surface area contributed by atoms with Crippen LogP contribution in [0.2, 0.25) is 5.02 Å². The zero-order valence-electron chi connectivity index (χ0n) is 19.8. The van der Waals surface area contributed by atoms with Crippen LogP contribution in [0, 0.1) is 0 Å². The molecule has 3 aromatic rings.